The number of amides is 1. The van der Waals surface area contributed by atoms with Crippen LogP contribution in [0.15, 0.2) is 79.0 Å². The van der Waals surface area contributed by atoms with Gasteiger partial charge < -0.3 is 9.88 Å². The van der Waals surface area contributed by atoms with Crippen LogP contribution in [0.1, 0.15) is 28.3 Å². The molecule has 2 heterocycles. The molecule has 2 aromatic heterocycles. The summed E-state index contributed by atoms with van der Waals surface area (Å²) in [5.41, 5.74) is 3.93. The van der Waals surface area contributed by atoms with Crippen LogP contribution in [0, 0.1) is 0 Å². The van der Waals surface area contributed by atoms with Gasteiger partial charge in [-0.2, -0.15) is 0 Å². The van der Waals surface area contributed by atoms with Gasteiger partial charge in [-0.3, -0.25) is 9.78 Å². The number of pyridine rings is 1. The number of nitrogens with one attached hydrogen (secondary N) is 1. The highest BCUT2D eigenvalue weighted by atomic mass is 16.1. The summed E-state index contributed by atoms with van der Waals surface area (Å²) in [7, 11) is 0. The van der Waals surface area contributed by atoms with E-state index in [0.29, 0.717) is 18.7 Å². The summed E-state index contributed by atoms with van der Waals surface area (Å²) in [5, 5.41) is 2.95. The van der Waals surface area contributed by atoms with Crippen molar-refractivity contribution in [2.75, 3.05) is 6.54 Å². The number of hydrogen-bond donors (Lipinski definition) is 1. The average Bonchev–Trinajstić information content (AvgIpc) is 3.12. The van der Waals surface area contributed by atoms with Crippen LogP contribution in [0.2, 0.25) is 0 Å². The number of carbonyl (C=O) groups is 1. The first kappa shape index (κ1) is 18.9. The van der Waals surface area contributed by atoms with Crippen molar-refractivity contribution in [3.63, 3.8) is 0 Å². The summed E-state index contributed by atoms with van der Waals surface area (Å²) >= 11 is 0. The minimum atomic E-state index is -0.155. The van der Waals surface area contributed by atoms with Gasteiger partial charge in [0.25, 0.3) is 5.91 Å². The summed E-state index contributed by atoms with van der Waals surface area (Å²) in [6.45, 7) is 1.43. The minimum absolute atomic E-state index is 0.155. The zero-order chi connectivity index (χ0) is 19.9. The molecule has 0 unspecified atom stereocenters. The third kappa shape index (κ3) is 4.69. The van der Waals surface area contributed by atoms with E-state index in [1.165, 1.54) is 5.56 Å². The lowest BCUT2D eigenvalue weighted by molar-refractivity contribution is 0.0949. The number of nitrogens with zero attached hydrogens (tertiary/aromatic N) is 3. The van der Waals surface area contributed by atoms with Crippen molar-refractivity contribution in [1.29, 1.82) is 0 Å². The Bertz CT molecular complexity index is 1070. The fraction of sp³-hybridized carbons (Fsp3) is 0.208. The molecule has 1 N–H and O–H groups in total. The molecule has 0 fully saturated rings. The van der Waals surface area contributed by atoms with E-state index < -0.39 is 0 Å². The Morgan fingerprint density at radius 3 is 2.52 bits per heavy atom. The van der Waals surface area contributed by atoms with Crippen LogP contribution < -0.4 is 5.32 Å². The van der Waals surface area contributed by atoms with E-state index in [2.05, 4.69) is 45.2 Å². The molecule has 2 aromatic carbocycles. The Kier molecular flexibility index (Phi) is 5.95. The quantitative estimate of drug-likeness (QED) is 0.499. The maximum atomic E-state index is 12.2. The molecule has 0 radical (unpaired) electrons. The predicted molar refractivity (Wildman–Crippen MR) is 115 cm³/mol. The van der Waals surface area contributed by atoms with E-state index in [-0.39, 0.29) is 5.91 Å². The summed E-state index contributed by atoms with van der Waals surface area (Å²) in [6.07, 6.45) is 4.38. The standard InChI is InChI=1S/C24H24N4O/c29-24(21-13-6-7-16-25-21)26-17-15-23-27-20-12-4-5-14-22(20)28(23)18-8-11-19-9-2-1-3-10-19/h1-7,9-10,12-14,16H,8,11,15,17-18H2,(H,26,29). The molecular formula is C24H24N4O. The number of fused-ring (bicyclic) bond motifs is 1. The molecule has 1 amide bonds. The minimum Gasteiger partial charge on any atom is -0.350 e. The Hall–Kier alpha value is -3.47. The molecule has 5 nitrogen and oxygen atoms in total. The Balaban J connectivity index is 1.42. The second kappa shape index (κ2) is 9.15. The first-order chi connectivity index (χ1) is 14.3. The largest absolute Gasteiger partial charge is 0.350 e. The molecule has 4 aromatic rings. The Morgan fingerprint density at radius 2 is 1.69 bits per heavy atom. The SMILES string of the molecule is O=C(NCCc1nc2ccccc2n1CCCc1ccccc1)c1ccccn1. The van der Waals surface area contributed by atoms with Gasteiger partial charge in [-0.25, -0.2) is 4.98 Å². The molecule has 0 spiro atoms. The monoisotopic (exact) mass is 384 g/mol. The third-order valence-electron chi connectivity index (χ3n) is 4.96. The lowest BCUT2D eigenvalue weighted by atomic mass is 10.1. The van der Waals surface area contributed by atoms with Gasteiger partial charge in [-0.15, -0.1) is 0 Å². The highest BCUT2D eigenvalue weighted by Gasteiger charge is 2.11. The lowest BCUT2D eigenvalue weighted by Gasteiger charge is -2.10. The zero-order valence-electron chi connectivity index (χ0n) is 16.3. The normalized spacial score (nSPS) is 10.9. The second-order valence-electron chi connectivity index (χ2n) is 6.98. The van der Waals surface area contributed by atoms with E-state index in [9.17, 15) is 4.79 Å². The first-order valence-electron chi connectivity index (χ1n) is 9.98. The van der Waals surface area contributed by atoms with Crippen molar-refractivity contribution < 1.29 is 4.79 Å². The number of aryl methyl sites for hydroxylation is 2. The molecule has 4 rings (SSSR count). The highest BCUT2D eigenvalue weighted by molar-refractivity contribution is 5.92. The Morgan fingerprint density at radius 1 is 0.897 bits per heavy atom. The number of aromatic nitrogens is 3. The summed E-state index contributed by atoms with van der Waals surface area (Å²) in [4.78, 5) is 21.1. The average molecular weight is 384 g/mol. The maximum Gasteiger partial charge on any atom is 0.269 e. The van der Waals surface area contributed by atoms with Crippen LogP contribution in [0.3, 0.4) is 0 Å². The number of hydrogen-bond acceptors (Lipinski definition) is 3. The topological polar surface area (TPSA) is 59.8 Å². The summed E-state index contributed by atoms with van der Waals surface area (Å²) in [5.74, 6) is 0.845. The van der Waals surface area contributed by atoms with Gasteiger partial charge in [0.15, 0.2) is 0 Å². The van der Waals surface area contributed by atoms with E-state index in [1.807, 2.05) is 30.3 Å². The fourth-order valence-electron chi connectivity index (χ4n) is 3.53. The molecule has 0 aliphatic rings. The molecule has 146 valence electrons. The molecule has 0 saturated heterocycles. The van der Waals surface area contributed by atoms with Crippen molar-refractivity contribution >= 4 is 16.9 Å². The van der Waals surface area contributed by atoms with Gasteiger partial charge in [0.1, 0.15) is 11.5 Å². The molecule has 5 heteroatoms. The van der Waals surface area contributed by atoms with E-state index in [1.54, 1.807) is 18.3 Å². The van der Waals surface area contributed by atoms with E-state index in [0.717, 1.165) is 36.2 Å². The number of rotatable bonds is 8. The van der Waals surface area contributed by atoms with Crippen LogP contribution >= 0.6 is 0 Å². The van der Waals surface area contributed by atoms with Crippen LogP contribution in [0.5, 0.6) is 0 Å². The van der Waals surface area contributed by atoms with Crippen molar-refractivity contribution in [1.82, 2.24) is 19.9 Å². The fourth-order valence-corrected chi connectivity index (χ4v) is 3.53. The van der Waals surface area contributed by atoms with Gasteiger partial charge in [0.05, 0.1) is 11.0 Å². The number of para-hydroxylation sites is 2. The van der Waals surface area contributed by atoms with Crippen LogP contribution in [0.25, 0.3) is 11.0 Å². The maximum absolute atomic E-state index is 12.2. The number of benzene rings is 2. The molecule has 0 atom stereocenters. The van der Waals surface area contributed by atoms with Crippen molar-refractivity contribution in [3.8, 4) is 0 Å². The zero-order valence-corrected chi connectivity index (χ0v) is 16.3. The third-order valence-corrected chi connectivity index (χ3v) is 4.96. The van der Waals surface area contributed by atoms with E-state index in [4.69, 9.17) is 4.98 Å². The predicted octanol–water partition coefficient (Wildman–Crippen LogP) is 4.04. The first-order valence-corrected chi connectivity index (χ1v) is 9.98. The smallest absolute Gasteiger partial charge is 0.269 e. The molecule has 29 heavy (non-hydrogen) atoms. The number of carbonyl (C=O) groups excluding carboxylic acids is 1. The van der Waals surface area contributed by atoms with Crippen LogP contribution in [-0.4, -0.2) is 27.0 Å². The lowest BCUT2D eigenvalue weighted by Crippen LogP contribution is -2.27. The van der Waals surface area contributed by atoms with Crippen LogP contribution in [-0.2, 0) is 19.4 Å². The van der Waals surface area contributed by atoms with Gasteiger partial charge >= 0.3 is 0 Å². The van der Waals surface area contributed by atoms with Gasteiger partial charge in [0, 0.05) is 25.7 Å². The van der Waals surface area contributed by atoms with Crippen LogP contribution in [0.4, 0.5) is 0 Å². The molecule has 0 bridgehead atoms. The van der Waals surface area contributed by atoms with Crippen molar-refractivity contribution in [2.45, 2.75) is 25.8 Å². The summed E-state index contributed by atoms with van der Waals surface area (Å²) < 4.78 is 2.28. The van der Waals surface area contributed by atoms with Crippen molar-refractivity contribution in [2.24, 2.45) is 0 Å². The van der Waals surface area contributed by atoms with Gasteiger partial charge in [-0.1, -0.05) is 48.5 Å². The summed E-state index contributed by atoms with van der Waals surface area (Å²) in [6, 6.07) is 24.1. The van der Waals surface area contributed by atoms with Gasteiger partial charge in [0.2, 0.25) is 0 Å². The van der Waals surface area contributed by atoms with Gasteiger partial charge in [-0.05, 0) is 42.7 Å². The van der Waals surface area contributed by atoms with E-state index >= 15 is 0 Å². The van der Waals surface area contributed by atoms with Crippen molar-refractivity contribution in [3.05, 3.63) is 96.1 Å². The molecule has 0 aliphatic heterocycles. The highest BCUT2D eigenvalue weighted by Crippen LogP contribution is 2.17. The number of imidazole rings is 1. The molecule has 0 saturated carbocycles. The second-order valence-corrected chi connectivity index (χ2v) is 6.98. The molecule has 0 aliphatic carbocycles. The Labute approximate surface area is 170 Å². The molecular weight excluding hydrogens is 360 g/mol.